The van der Waals surface area contributed by atoms with Crippen LogP contribution in [0.1, 0.15) is 47.0 Å². The molecule has 0 unspecified atom stereocenters. The molecule has 0 amide bonds. The molecular formula is C9H20N2. The van der Waals surface area contributed by atoms with Crippen LogP contribution in [0, 0.1) is 0 Å². The van der Waals surface area contributed by atoms with Crippen molar-refractivity contribution in [3.05, 3.63) is 0 Å². The summed E-state index contributed by atoms with van der Waals surface area (Å²) in [5, 5.41) is 0. The molecule has 0 rings (SSSR count). The van der Waals surface area contributed by atoms with Crippen molar-refractivity contribution in [3.63, 3.8) is 0 Å². The summed E-state index contributed by atoms with van der Waals surface area (Å²) in [7, 11) is 0. The molecule has 66 valence electrons. The average Bonchev–Trinajstić information content (AvgIpc) is 2.04. The lowest BCUT2D eigenvalue weighted by Crippen LogP contribution is -2.36. The van der Waals surface area contributed by atoms with E-state index in [-0.39, 0.29) is 5.66 Å². The highest BCUT2D eigenvalue weighted by Crippen LogP contribution is 2.13. The van der Waals surface area contributed by atoms with E-state index in [2.05, 4.69) is 25.8 Å². The molecule has 0 fully saturated rings. The van der Waals surface area contributed by atoms with E-state index >= 15 is 0 Å². The summed E-state index contributed by atoms with van der Waals surface area (Å²) >= 11 is 0. The van der Waals surface area contributed by atoms with Gasteiger partial charge in [0, 0.05) is 5.71 Å². The van der Waals surface area contributed by atoms with Crippen molar-refractivity contribution in [3.8, 4) is 0 Å². The second kappa shape index (κ2) is 4.50. The van der Waals surface area contributed by atoms with Crippen LogP contribution in [0.3, 0.4) is 0 Å². The molecule has 2 heteroatoms. The fourth-order valence-electron chi connectivity index (χ4n) is 0.867. The minimum atomic E-state index is -0.305. The summed E-state index contributed by atoms with van der Waals surface area (Å²) in [4.78, 5) is 4.46. The smallest absolute Gasteiger partial charge is 0.107 e. The van der Waals surface area contributed by atoms with Crippen molar-refractivity contribution in [1.29, 1.82) is 0 Å². The van der Waals surface area contributed by atoms with Crippen LogP contribution in [-0.2, 0) is 0 Å². The van der Waals surface area contributed by atoms with E-state index in [1.54, 1.807) is 0 Å². The molecule has 0 aromatic heterocycles. The van der Waals surface area contributed by atoms with Crippen LogP contribution >= 0.6 is 0 Å². The van der Waals surface area contributed by atoms with E-state index in [0.717, 1.165) is 25.0 Å². The maximum Gasteiger partial charge on any atom is 0.107 e. The summed E-state index contributed by atoms with van der Waals surface area (Å²) in [5.41, 5.74) is 6.83. The Labute approximate surface area is 69.9 Å². The van der Waals surface area contributed by atoms with E-state index < -0.39 is 0 Å². The second-order valence-electron chi connectivity index (χ2n) is 3.01. The highest BCUT2D eigenvalue weighted by molar-refractivity contribution is 5.81. The monoisotopic (exact) mass is 156 g/mol. The lowest BCUT2D eigenvalue weighted by molar-refractivity contribution is 0.415. The van der Waals surface area contributed by atoms with Gasteiger partial charge in [-0.05, 0) is 26.2 Å². The zero-order valence-corrected chi connectivity index (χ0v) is 8.15. The molecule has 0 aliphatic heterocycles. The molecule has 0 radical (unpaired) electrons. The fourth-order valence-corrected chi connectivity index (χ4v) is 0.867. The predicted molar refractivity (Wildman–Crippen MR) is 50.9 cm³/mol. The third kappa shape index (κ3) is 3.51. The molecule has 0 heterocycles. The van der Waals surface area contributed by atoms with Gasteiger partial charge >= 0.3 is 0 Å². The first-order valence-electron chi connectivity index (χ1n) is 4.42. The van der Waals surface area contributed by atoms with E-state index in [1.165, 1.54) is 0 Å². The van der Waals surface area contributed by atoms with Crippen LogP contribution in [-0.4, -0.2) is 11.4 Å². The number of hydrogen-bond acceptors (Lipinski definition) is 2. The highest BCUT2D eigenvalue weighted by atomic mass is 15.0. The van der Waals surface area contributed by atoms with Crippen LogP contribution < -0.4 is 5.73 Å². The van der Waals surface area contributed by atoms with Gasteiger partial charge in [-0.3, -0.25) is 4.99 Å². The Kier molecular flexibility index (Phi) is 4.34. The fraction of sp³-hybridized carbons (Fsp3) is 0.889. The molecule has 0 spiro atoms. The molecular weight excluding hydrogens is 136 g/mol. The van der Waals surface area contributed by atoms with Crippen molar-refractivity contribution in [2.24, 2.45) is 10.7 Å². The Bertz CT molecular complexity index is 134. The Morgan fingerprint density at radius 3 is 2.00 bits per heavy atom. The molecule has 0 bridgehead atoms. The molecule has 0 atom stereocenters. The third-order valence-electron chi connectivity index (χ3n) is 2.15. The zero-order valence-electron chi connectivity index (χ0n) is 8.15. The van der Waals surface area contributed by atoms with Crippen molar-refractivity contribution >= 4 is 5.71 Å². The molecule has 0 aliphatic carbocycles. The second-order valence-corrected chi connectivity index (χ2v) is 3.01. The average molecular weight is 156 g/mol. The Morgan fingerprint density at radius 2 is 1.73 bits per heavy atom. The quantitative estimate of drug-likeness (QED) is 0.623. The van der Waals surface area contributed by atoms with Crippen LogP contribution in [0.25, 0.3) is 0 Å². The molecule has 2 N–H and O–H groups in total. The van der Waals surface area contributed by atoms with Gasteiger partial charge in [-0.15, -0.1) is 0 Å². The van der Waals surface area contributed by atoms with Crippen molar-refractivity contribution in [2.45, 2.75) is 52.6 Å². The minimum absolute atomic E-state index is 0.305. The first-order chi connectivity index (χ1) is 5.08. The minimum Gasteiger partial charge on any atom is -0.307 e. The van der Waals surface area contributed by atoms with Crippen molar-refractivity contribution < 1.29 is 0 Å². The van der Waals surface area contributed by atoms with Gasteiger partial charge in [0.15, 0.2) is 0 Å². The number of aliphatic imine (C=N–C) groups is 1. The number of rotatable bonds is 4. The van der Waals surface area contributed by atoms with Gasteiger partial charge in [-0.1, -0.05) is 20.8 Å². The molecule has 2 nitrogen and oxygen atoms in total. The molecule has 0 saturated heterocycles. The van der Waals surface area contributed by atoms with Crippen molar-refractivity contribution in [2.75, 3.05) is 0 Å². The van der Waals surface area contributed by atoms with Gasteiger partial charge in [0.1, 0.15) is 5.66 Å². The van der Waals surface area contributed by atoms with Crippen LogP contribution in [0.4, 0.5) is 0 Å². The summed E-state index contributed by atoms with van der Waals surface area (Å²) in [5.74, 6) is 0. The number of nitrogens with two attached hydrogens (primary N) is 1. The van der Waals surface area contributed by atoms with Gasteiger partial charge in [0.2, 0.25) is 0 Å². The molecule has 11 heavy (non-hydrogen) atoms. The van der Waals surface area contributed by atoms with E-state index in [1.807, 2.05) is 6.92 Å². The summed E-state index contributed by atoms with van der Waals surface area (Å²) in [6, 6.07) is 0. The number of nitrogens with zero attached hydrogens (tertiary/aromatic N) is 1. The van der Waals surface area contributed by atoms with Gasteiger partial charge in [0.05, 0.1) is 0 Å². The van der Waals surface area contributed by atoms with Gasteiger partial charge < -0.3 is 5.73 Å². The first kappa shape index (κ1) is 10.6. The SMILES string of the molecule is CC/C(C)=N\C(N)(CC)CC. The number of hydrogen-bond donors (Lipinski definition) is 1. The molecule has 0 aromatic rings. The van der Waals surface area contributed by atoms with E-state index in [0.29, 0.717) is 0 Å². The third-order valence-corrected chi connectivity index (χ3v) is 2.15. The summed E-state index contributed by atoms with van der Waals surface area (Å²) in [6.45, 7) is 8.30. The largest absolute Gasteiger partial charge is 0.307 e. The maximum atomic E-state index is 5.99. The van der Waals surface area contributed by atoms with Gasteiger partial charge in [0.25, 0.3) is 0 Å². The standard InChI is InChI=1S/C9H20N2/c1-5-8(4)11-9(10,6-2)7-3/h5-7,10H2,1-4H3/b11-8-. The molecule has 0 aliphatic rings. The first-order valence-corrected chi connectivity index (χ1v) is 4.42. The highest BCUT2D eigenvalue weighted by Gasteiger charge is 2.17. The van der Waals surface area contributed by atoms with Crippen LogP contribution in [0.2, 0.25) is 0 Å². The normalized spacial score (nSPS) is 13.7. The Hall–Kier alpha value is -0.370. The maximum absolute atomic E-state index is 5.99. The zero-order chi connectivity index (χ0) is 8.91. The molecule has 0 aromatic carbocycles. The van der Waals surface area contributed by atoms with Crippen LogP contribution in [0.5, 0.6) is 0 Å². The van der Waals surface area contributed by atoms with E-state index in [4.69, 9.17) is 5.73 Å². The Balaban J connectivity index is 4.27. The predicted octanol–water partition coefficient (Wildman–Crippen LogP) is 2.33. The summed E-state index contributed by atoms with van der Waals surface area (Å²) in [6.07, 6.45) is 2.83. The van der Waals surface area contributed by atoms with Crippen LogP contribution in [0.15, 0.2) is 4.99 Å². The lowest BCUT2D eigenvalue weighted by Gasteiger charge is -2.22. The lowest BCUT2D eigenvalue weighted by atomic mass is 10.1. The topological polar surface area (TPSA) is 38.4 Å². The molecule has 0 saturated carbocycles. The van der Waals surface area contributed by atoms with E-state index in [9.17, 15) is 0 Å². The Morgan fingerprint density at radius 1 is 1.27 bits per heavy atom. The van der Waals surface area contributed by atoms with Gasteiger partial charge in [-0.2, -0.15) is 0 Å². The van der Waals surface area contributed by atoms with Crippen molar-refractivity contribution in [1.82, 2.24) is 0 Å². The van der Waals surface area contributed by atoms with Gasteiger partial charge in [-0.25, -0.2) is 0 Å². The summed E-state index contributed by atoms with van der Waals surface area (Å²) < 4.78 is 0.